The van der Waals surface area contributed by atoms with Crippen LogP contribution in [0.5, 0.6) is 0 Å². The maximum atomic E-state index is 4.34. The van der Waals surface area contributed by atoms with Crippen molar-refractivity contribution in [2.24, 2.45) is 0 Å². The number of nitrogens with zero attached hydrogens (tertiary/aromatic N) is 3. The molecule has 0 aliphatic heterocycles. The Morgan fingerprint density at radius 1 is 0.952 bits per heavy atom. The minimum Gasteiger partial charge on any atom is -0.341 e. The molecule has 21 heavy (non-hydrogen) atoms. The smallest absolute Gasteiger partial charge is 0.181 e. The van der Waals surface area contributed by atoms with E-state index in [0.717, 1.165) is 16.3 Å². The van der Waals surface area contributed by atoms with Gasteiger partial charge in [-0.2, -0.15) is 0 Å². The first-order chi connectivity index (χ1) is 10.4. The van der Waals surface area contributed by atoms with Gasteiger partial charge in [0.15, 0.2) is 5.65 Å². The normalized spacial score (nSPS) is 11.2. The van der Waals surface area contributed by atoms with E-state index in [-0.39, 0.29) is 0 Å². The zero-order valence-corrected chi connectivity index (χ0v) is 12.0. The number of H-pyrrole nitrogens is 1. The third kappa shape index (κ3) is 2.36. The Bertz CT molecular complexity index is 916. The van der Waals surface area contributed by atoms with Gasteiger partial charge < -0.3 is 4.98 Å². The van der Waals surface area contributed by atoms with E-state index in [0.29, 0.717) is 5.65 Å². The van der Waals surface area contributed by atoms with Crippen LogP contribution in [0.15, 0.2) is 60.1 Å². The standard InChI is InChI=1S/C16H12N4S/c1-2-4-13-7-11(5-6-12(13)3-1)8-21-16-14-15(18-9-17-14)19-10-20-16/h1-7,9-10H,8H2,(H,17,18,19,20). The lowest BCUT2D eigenvalue weighted by molar-refractivity contribution is 1.08. The highest BCUT2D eigenvalue weighted by atomic mass is 32.2. The molecule has 5 heteroatoms. The summed E-state index contributed by atoms with van der Waals surface area (Å²) >= 11 is 1.69. The maximum Gasteiger partial charge on any atom is 0.181 e. The Morgan fingerprint density at radius 2 is 1.86 bits per heavy atom. The fourth-order valence-electron chi connectivity index (χ4n) is 2.33. The molecular weight excluding hydrogens is 280 g/mol. The van der Waals surface area contributed by atoms with Crippen LogP contribution in [-0.2, 0) is 5.75 Å². The molecule has 0 fully saturated rings. The maximum absolute atomic E-state index is 4.34. The SMILES string of the molecule is c1ccc2cc(CSc3ncnc4nc[nH]c34)ccc2c1. The van der Waals surface area contributed by atoms with Crippen LogP contribution in [-0.4, -0.2) is 19.9 Å². The molecule has 0 amide bonds. The Labute approximate surface area is 125 Å². The van der Waals surface area contributed by atoms with E-state index >= 15 is 0 Å². The molecule has 0 unspecified atom stereocenters. The summed E-state index contributed by atoms with van der Waals surface area (Å²) in [5, 5.41) is 3.47. The van der Waals surface area contributed by atoms with Gasteiger partial charge in [-0.3, -0.25) is 0 Å². The predicted molar refractivity (Wildman–Crippen MR) is 85.2 cm³/mol. The Kier molecular flexibility index (Phi) is 3.05. The highest BCUT2D eigenvalue weighted by Gasteiger charge is 2.06. The number of thioether (sulfide) groups is 1. The molecule has 4 aromatic rings. The van der Waals surface area contributed by atoms with Crippen LogP contribution < -0.4 is 0 Å². The minimum absolute atomic E-state index is 0.714. The van der Waals surface area contributed by atoms with Gasteiger partial charge in [-0.15, -0.1) is 0 Å². The molecule has 4 rings (SSSR count). The molecule has 2 heterocycles. The summed E-state index contributed by atoms with van der Waals surface area (Å²) in [4.78, 5) is 15.7. The summed E-state index contributed by atoms with van der Waals surface area (Å²) in [7, 11) is 0. The van der Waals surface area contributed by atoms with Crippen LogP contribution in [0.4, 0.5) is 0 Å². The monoisotopic (exact) mass is 292 g/mol. The highest BCUT2D eigenvalue weighted by Crippen LogP contribution is 2.26. The van der Waals surface area contributed by atoms with Gasteiger partial charge in [0.2, 0.25) is 0 Å². The van der Waals surface area contributed by atoms with Gasteiger partial charge in [-0.05, 0) is 16.3 Å². The van der Waals surface area contributed by atoms with Crippen molar-refractivity contribution in [3.8, 4) is 0 Å². The van der Waals surface area contributed by atoms with Gasteiger partial charge in [0.25, 0.3) is 0 Å². The number of fused-ring (bicyclic) bond motifs is 2. The fourth-order valence-corrected chi connectivity index (χ4v) is 3.23. The van der Waals surface area contributed by atoms with E-state index in [2.05, 4.69) is 62.4 Å². The second-order valence-electron chi connectivity index (χ2n) is 4.75. The van der Waals surface area contributed by atoms with Gasteiger partial charge >= 0.3 is 0 Å². The van der Waals surface area contributed by atoms with Crippen LogP contribution >= 0.6 is 11.8 Å². The lowest BCUT2D eigenvalue weighted by atomic mass is 10.1. The van der Waals surface area contributed by atoms with Crippen LogP contribution in [0.3, 0.4) is 0 Å². The van der Waals surface area contributed by atoms with Crippen molar-refractivity contribution in [1.29, 1.82) is 0 Å². The summed E-state index contributed by atoms with van der Waals surface area (Å²) in [5.41, 5.74) is 2.90. The van der Waals surface area contributed by atoms with E-state index in [9.17, 15) is 0 Å². The average Bonchev–Trinajstić information content (AvgIpc) is 3.02. The summed E-state index contributed by atoms with van der Waals surface area (Å²) < 4.78 is 0. The topological polar surface area (TPSA) is 54.5 Å². The number of aromatic amines is 1. The second kappa shape index (κ2) is 5.18. The predicted octanol–water partition coefficient (Wildman–Crippen LogP) is 3.80. The van der Waals surface area contributed by atoms with Crippen molar-refractivity contribution in [3.05, 3.63) is 60.7 Å². The number of imidazole rings is 1. The van der Waals surface area contributed by atoms with E-state index in [1.807, 2.05) is 0 Å². The first kappa shape index (κ1) is 12.3. The van der Waals surface area contributed by atoms with Crippen molar-refractivity contribution in [3.63, 3.8) is 0 Å². The van der Waals surface area contributed by atoms with E-state index in [4.69, 9.17) is 0 Å². The van der Waals surface area contributed by atoms with Gasteiger partial charge in [0.1, 0.15) is 16.9 Å². The van der Waals surface area contributed by atoms with Crippen LogP contribution in [0.25, 0.3) is 21.9 Å². The van der Waals surface area contributed by atoms with Crippen molar-refractivity contribution in [1.82, 2.24) is 19.9 Å². The number of hydrogen-bond acceptors (Lipinski definition) is 4. The molecular formula is C16H12N4S. The molecule has 0 aliphatic carbocycles. The highest BCUT2D eigenvalue weighted by molar-refractivity contribution is 7.98. The van der Waals surface area contributed by atoms with Gasteiger partial charge in [0, 0.05) is 5.75 Å². The summed E-state index contributed by atoms with van der Waals surface area (Å²) in [6.07, 6.45) is 3.21. The zero-order valence-electron chi connectivity index (χ0n) is 11.2. The van der Waals surface area contributed by atoms with Crippen molar-refractivity contribution >= 4 is 33.7 Å². The van der Waals surface area contributed by atoms with Crippen molar-refractivity contribution in [2.45, 2.75) is 10.8 Å². The summed E-state index contributed by atoms with van der Waals surface area (Å²) in [6, 6.07) is 15.0. The summed E-state index contributed by atoms with van der Waals surface area (Å²) in [6.45, 7) is 0. The minimum atomic E-state index is 0.714. The van der Waals surface area contributed by atoms with Crippen molar-refractivity contribution in [2.75, 3.05) is 0 Å². The lowest BCUT2D eigenvalue weighted by Crippen LogP contribution is -1.87. The fraction of sp³-hybridized carbons (Fsp3) is 0.0625. The second-order valence-corrected chi connectivity index (χ2v) is 5.71. The van der Waals surface area contributed by atoms with Gasteiger partial charge in [-0.25, -0.2) is 15.0 Å². The largest absolute Gasteiger partial charge is 0.341 e. The molecule has 0 bridgehead atoms. The number of nitrogens with one attached hydrogen (secondary N) is 1. The Morgan fingerprint density at radius 3 is 2.81 bits per heavy atom. The van der Waals surface area contributed by atoms with Crippen LogP contribution in [0.1, 0.15) is 5.56 Å². The molecule has 0 spiro atoms. The molecule has 0 radical (unpaired) electrons. The third-order valence-electron chi connectivity index (χ3n) is 3.38. The molecule has 0 atom stereocenters. The molecule has 4 nitrogen and oxygen atoms in total. The van der Waals surface area contributed by atoms with Crippen LogP contribution in [0.2, 0.25) is 0 Å². The number of rotatable bonds is 3. The third-order valence-corrected chi connectivity index (χ3v) is 4.44. The van der Waals surface area contributed by atoms with E-state index in [1.165, 1.54) is 16.3 Å². The van der Waals surface area contributed by atoms with E-state index in [1.54, 1.807) is 24.4 Å². The van der Waals surface area contributed by atoms with Gasteiger partial charge in [0.05, 0.1) is 6.33 Å². The first-order valence-electron chi connectivity index (χ1n) is 6.65. The first-order valence-corrected chi connectivity index (χ1v) is 7.63. The quantitative estimate of drug-likeness (QED) is 0.461. The number of benzene rings is 2. The summed E-state index contributed by atoms with van der Waals surface area (Å²) in [5.74, 6) is 0.871. The molecule has 2 aromatic carbocycles. The Hall–Kier alpha value is -2.40. The zero-order chi connectivity index (χ0) is 14.1. The number of aromatic nitrogens is 4. The lowest BCUT2D eigenvalue weighted by Gasteiger charge is -2.04. The van der Waals surface area contributed by atoms with Crippen molar-refractivity contribution < 1.29 is 0 Å². The molecule has 1 N–H and O–H groups in total. The molecule has 0 aliphatic rings. The van der Waals surface area contributed by atoms with Crippen LogP contribution in [0, 0.1) is 0 Å². The molecule has 2 aromatic heterocycles. The van der Waals surface area contributed by atoms with Gasteiger partial charge in [-0.1, -0.05) is 54.2 Å². The Balaban J connectivity index is 1.61. The average molecular weight is 292 g/mol. The van der Waals surface area contributed by atoms with E-state index < -0.39 is 0 Å². The molecule has 102 valence electrons. The molecule has 0 saturated heterocycles. The molecule has 0 saturated carbocycles. The number of hydrogen-bond donors (Lipinski definition) is 1.